The van der Waals surface area contributed by atoms with Gasteiger partial charge in [-0.2, -0.15) is 0 Å². The van der Waals surface area contributed by atoms with Crippen LogP contribution >= 0.6 is 0 Å². The summed E-state index contributed by atoms with van der Waals surface area (Å²) in [6, 6.07) is 23.7. The predicted molar refractivity (Wildman–Crippen MR) is 151 cm³/mol. The minimum Gasteiger partial charge on any atom is -0.378 e. The van der Waals surface area contributed by atoms with Crippen molar-refractivity contribution in [2.24, 2.45) is 0 Å². The summed E-state index contributed by atoms with van der Waals surface area (Å²) >= 11 is 0. The van der Waals surface area contributed by atoms with Gasteiger partial charge in [-0.1, -0.05) is 36.4 Å². The molecule has 0 aromatic heterocycles. The maximum atomic E-state index is 13.1. The molecule has 38 heavy (non-hydrogen) atoms. The van der Waals surface area contributed by atoms with Gasteiger partial charge in [0.05, 0.1) is 13.2 Å². The molecule has 3 amide bonds. The van der Waals surface area contributed by atoms with Gasteiger partial charge in [-0.3, -0.25) is 4.79 Å². The fourth-order valence-corrected chi connectivity index (χ4v) is 4.91. The Kier molecular flexibility index (Phi) is 8.09. The van der Waals surface area contributed by atoms with Gasteiger partial charge in [-0.15, -0.1) is 0 Å². The zero-order valence-corrected chi connectivity index (χ0v) is 21.9. The molecule has 0 saturated carbocycles. The topological polar surface area (TPSA) is 77.2 Å². The number of nitrogens with one attached hydrogen (secondary N) is 2. The van der Waals surface area contributed by atoms with Crippen LogP contribution in [0.4, 0.5) is 21.9 Å². The minimum atomic E-state index is -0.135. The van der Waals surface area contributed by atoms with E-state index in [0.717, 1.165) is 54.5 Å². The summed E-state index contributed by atoms with van der Waals surface area (Å²) < 4.78 is 5.43. The minimum absolute atomic E-state index is 0.0435. The average Bonchev–Trinajstić information content (AvgIpc) is 2.97. The fraction of sp³-hybridized carbons (Fsp3) is 0.333. The van der Waals surface area contributed by atoms with E-state index < -0.39 is 0 Å². The van der Waals surface area contributed by atoms with Crippen LogP contribution in [-0.2, 0) is 11.3 Å². The molecule has 2 N–H and O–H groups in total. The van der Waals surface area contributed by atoms with Crippen LogP contribution < -0.4 is 20.4 Å². The van der Waals surface area contributed by atoms with Gasteiger partial charge in [0.2, 0.25) is 0 Å². The molecule has 0 aliphatic carbocycles. The summed E-state index contributed by atoms with van der Waals surface area (Å²) in [6.07, 6.45) is 0. The fourth-order valence-electron chi connectivity index (χ4n) is 4.91. The van der Waals surface area contributed by atoms with Gasteiger partial charge in [0.15, 0.2) is 0 Å². The van der Waals surface area contributed by atoms with Crippen molar-refractivity contribution in [3.8, 4) is 0 Å². The molecule has 0 atom stereocenters. The molecule has 3 aromatic carbocycles. The highest BCUT2D eigenvalue weighted by molar-refractivity contribution is 6.05. The Labute approximate surface area is 224 Å². The monoisotopic (exact) mass is 513 g/mol. The Hall–Kier alpha value is -4.04. The number of ether oxygens (including phenoxy) is 1. The number of morpholine rings is 1. The third kappa shape index (κ3) is 6.26. The van der Waals surface area contributed by atoms with Crippen molar-refractivity contribution in [3.05, 3.63) is 89.5 Å². The van der Waals surface area contributed by atoms with Crippen molar-refractivity contribution < 1.29 is 14.3 Å². The molecule has 2 aliphatic rings. The van der Waals surface area contributed by atoms with Crippen molar-refractivity contribution >= 4 is 29.0 Å². The van der Waals surface area contributed by atoms with Crippen LogP contribution in [0.1, 0.15) is 21.5 Å². The van der Waals surface area contributed by atoms with Crippen LogP contribution in [0.2, 0.25) is 0 Å². The highest BCUT2D eigenvalue weighted by Crippen LogP contribution is 2.25. The maximum absolute atomic E-state index is 13.1. The zero-order chi connectivity index (χ0) is 26.3. The van der Waals surface area contributed by atoms with Gasteiger partial charge in [0.1, 0.15) is 0 Å². The Morgan fingerprint density at radius 2 is 1.53 bits per heavy atom. The van der Waals surface area contributed by atoms with Gasteiger partial charge in [0, 0.05) is 68.4 Å². The lowest BCUT2D eigenvalue weighted by Crippen LogP contribution is -2.51. The van der Waals surface area contributed by atoms with Gasteiger partial charge in [-0.05, 0) is 54.4 Å². The lowest BCUT2D eigenvalue weighted by atomic mass is 10.1. The molecule has 3 aromatic rings. The van der Waals surface area contributed by atoms with Crippen LogP contribution in [0.3, 0.4) is 0 Å². The van der Waals surface area contributed by atoms with Crippen molar-refractivity contribution in [1.29, 1.82) is 0 Å². The van der Waals surface area contributed by atoms with Crippen molar-refractivity contribution in [2.45, 2.75) is 13.5 Å². The number of urea groups is 1. The molecular formula is C30H35N5O3. The van der Waals surface area contributed by atoms with Crippen LogP contribution in [0.25, 0.3) is 0 Å². The van der Waals surface area contributed by atoms with Gasteiger partial charge in [-0.25, -0.2) is 4.79 Å². The normalized spacial score (nSPS) is 15.8. The lowest BCUT2D eigenvalue weighted by Gasteiger charge is -2.37. The van der Waals surface area contributed by atoms with E-state index >= 15 is 0 Å². The van der Waals surface area contributed by atoms with Crippen molar-refractivity contribution in [3.63, 3.8) is 0 Å². The molecule has 2 saturated heterocycles. The highest BCUT2D eigenvalue weighted by atomic mass is 16.5. The molecule has 2 heterocycles. The van der Waals surface area contributed by atoms with Gasteiger partial charge >= 0.3 is 6.03 Å². The second-order valence-electron chi connectivity index (χ2n) is 9.72. The van der Waals surface area contributed by atoms with Crippen molar-refractivity contribution in [1.82, 2.24) is 10.2 Å². The average molecular weight is 514 g/mol. The quantitative estimate of drug-likeness (QED) is 0.519. The maximum Gasteiger partial charge on any atom is 0.317 e. The molecule has 8 heteroatoms. The number of nitrogens with zero attached hydrogens (tertiary/aromatic N) is 3. The first kappa shape index (κ1) is 25.6. The number of aryl methyl sites for hydroxylation is 1. The van der Waals surface area contributed by atoms with Gasteiger partial charge in [0.25, 0.3) is 5.91 Å². The second kappa shape index (κ2) is 12.0. The second-order valence-corrected chi connectivity index (χ2v) is 9.72. The van der Waals surface area contributed by atoms with E-state index in [1.807, 2.05) is 77.7 Å². The lowest BCUT2D eigenvalue weighted by molar-refractivity contribution is 0.102. The molecule has 5 rings (SSSR count). The zero-order valence-electron chi connectivity index (χ0n) is 21.9. The molecule has 198 valence electrons. The van der Waals surface area contributed by atoms with Crippen LogP contribution in [0.5, 0.6) is 0 Å². The highest BCUT2D eigenvalue weighted by Gasteiger charge is 2.23. The summed E-state index contributed by atoms with van der Waals surface area (Å²) in [7, 11) is 0. The summed E-state index contributed by atoms with van der Waals surface area (Å²) in [5.41, 5.74) is 5.74. The van der Waals surface area contributed by atoms with E-state index in [1.165, 1.54) is 0 Å². The van der Waals surface area contributed by atoms with Crippen LogP contribution in [-0.4, -0.2) is 69.3 Å². The number of rotatable bonds is 6. The molecular weight excluding hydrogens is 478 g/mol. The molecule has 8 nitrogen and oxygen atoms in total. The van der Waals surface area contributed by atoms with E-state index in [9.17, 15) is 9.59 Å². The number of carbonyl (C=O) groups is 2. The number of carbonyl (C=O) groups excluding carboxylic acids is 2. The van der Waals surface area contributed by atoms with Crippen LogP contribution in [0.15, 0.2) is 72.8 Å². The number of hydrogen-bond acceptors (Lipinski definition) is 5. The Morgan fingerprint density at radius 3 is 2.24 bits per heavy atom. The molecule has 0 radical (unpaired) electrons. The first-order chi connectivity index (χ1) is 18.6. The molecule has 0 bridgehead atoms. The first-order valence-electron chi connectivity index (χ1n) is 13.2. The number of anilines is 3. The van der Waals surface area contributed by atoms with E-state index in [2.05, 4.69) is 27.4 Å². The number of hydrogen-bond donors (Lipinski definition) is 2. The smallest absolute Gasteiger partial charge is 0.317 e. The summed E-state index contributed by atoms with van der Waals surface area (Å²) in [6.45, 7) is 8.51. The first-order valence-corrected chi connectivity index (χ1v) is 13.2. The Morgan fingerprint density at radius 1 is 0.816 bits per heavy atom. The van der Waals surface area contributed by atoms with Gasteiger partial charge < -0.3 is 30.1 Å². The van der Waals surface area contributed by atoms with E-state index in [0.29, 0.717) is 38.3 Å². The van der Waals surface area contributed by atoms with E-state index in [-0.39, 0.29) is 11.9 Å². The Balaban J connectivity index is 1.16. The third-order valence-electron chi connectivity index (χ3n) is 7.17. The van der Waals surface area contributed by atoms with Crippen molar-refractivity contribution in [2.75, 3.05) is 67.6 Å². The standard InChI is InChI=1S/C30H35N5O3/c1-23-7-8-25(29(36)32-26-9-11-27(12-10-26)33-17-19-38-20-18-33)21-28(23)34-13-15-35(16-14-34)30(37)31-22-24-5-3-2-4-6-24/h2-12,21H,13-20,22H2,1H3,(H,31,37)(H,32,36). The summed E-state index contributed by atoms with van der Waals surface area (Å²) in [5, 5.41) is 6.04. The Bertz CT molecular complexity index is 1230. The molecule has 2 fully saturated rings. The molecule has 2 aliphatic heterocycles. The number of amides is 3. The largest absolute Gasteiger partial charge is 0.378 e. The van der Waals surface area contributed by atoms with E-state index in [1.54, 1.807) is 0 Å². The van der Waals surface area contributed by atoms with Crippen LogP contribution in [0, 0.1) is 6.92 Å². The molecule has 0 unspecified atom stereocenters. The third-order valence-corrected chi connectivity index (χ3v) is 7.17. The summed E-state index contributed by atoms with van der Waals surface area (Å²) in [4.78, 5) is 32.1. The summed E-state index contributed by atoms with van der Waals surface area (Å²) in [5.74, 6) is -0.135. The van der Waals surface area contributed by atoms with E-state index in [4.69, 9.17) is 4.74 Å². The molecule has 0 spiro atoms. The number of benzene rings is 3. The predicted octanol–water partition coefficient (Wildman–Crippen LogP) is 4.12. The number of piperazine rings is 1. The SMILES string of the molecule is Cc1ccc(C(=O)Nc2ccc(N3CCOCC3)cc2)cc1N1CCN(C(=O)NCc2ccccc2)CC1.